The van der Waals surface area contributed by atoms with Crippen molar-refractivity contribution in [3.05, 3.63) is 198 Å². The lowest BCUT2D eigenvalue weighted by atomic mass is 9.69. The lowest BCUT2D eigenvalue weighted by Gasteiger charge is -2.31. The van der Waals surface area contributed by atoms with Gasteiger partial charge < -0.3 is 4.90 Å². The zero-order chi connectivity index (χ0) is 33.6. The van der Waals surface area contributed by atoms with Gasteiger partial charge in [-0.25, -0.2) is 0 Å². The first-order chi connectivity index (χ1) is 24.4. The van der Waals surface area contributed by atoms with Crippen LogP contribution in [-0.4, -0.2) is 0 Å². The summed E-state index contributed by atoms with van der Waals surface area (Å²) in [4.78, 5) is 2.39. The minimum Gasteiger partial charge on any atom is -0.310 e. The second kappa shape index (κ2) is 10.5. The van der Waals surface area contributed by atoms with Gasteiger partial charge >= 0.3 is 0 Å². The summed E-state index contributed by atoms with van der Waals surface area (Å²) in [6.45, 7) is 6.81. The molecule has 8 aromatic rings. The Balaban J connectivity index is 1.25. The second-order valence-corrected chi connectivity index (χ2v) is 14.9. The van der Waals surface area contributed by atoms with Crippen LogP contribution in [0.1, 0.15) is 48.6 Å². The zero-order valence-corrected chi connectivity index (χ0v) is 28.6. The molecule has 1 heteroatoms. The molecule has 0 N–H and O–H groups in total. The minimum atomic E-state index is -0.412. The van der Waals surface area contributed by atoms with Crippen LogP contribution in [0, 0.1) is 0 Å². The van der Waals surface area contributed by atoms with Gasteiger partial charge in [-0.05, 0) is 126 Å². The van der Waals surface area contributed by atoms with E-state index in [-0.39, 0.29) is 5.41 Å². The van der Waals surface area contributed by atoms with E-state index in [0.717, 1.165) is 17.1 Å². The molecule has 0 unspecified atom stereocenters. The van der Waals surface area contributed by atoms with Crippen LogP contribution < -0.4 is 4.90 Å². The molecule has 0 radical (unpaired) electrons. The smallest absolute Gasteiger partial charge is 0.0731 e. The maximum Gasteiger partial charge on any atom is 0.0731 e. The van der Waals surface area contributed by atoms with E-state index in [2.05, 4.69) is 196 Å². The van der Waals surface area contributed by atoms with E-state index in [9.17, 15) is 0 Å². The van der Waals surface area contributed by atoms with Gasteiger partial charge in [-0.3, -0.25) is 0 Å². The summed E-state index contributed by atoms with van der Waals surface area (Å²) < 4.78 is 0. The summed E-state index contributed by atoms with van der Waals surface area (Å²) in [5.74, 6) is 0. The summed E-state index contributed by atoms with van der Waals surface area (Å²) in [5, 5.41) is 5.10. The zero-order valence-electron chi connectivity index (χ0n) is 28.6. The van der Waals surface area contributed by atoms with Gasteiger partial charge in [-0.2, -0.15) is 0 Å². The first kappa shape index (κ1) is 29.0. The minimum absolute atomic E-state index is 0.0930. The molecule has 1 nitrogen and oxygen atoms in total. The molecule has 0 atom stereocenters. The summed E-state index contributed by atoms with van der Waals surface area (Å²) in [6, 6.07) is 63.6. The molecule has 0 fully saturated rings. The van der Waals surface area contributed by atoms with Crippen LogP contribution in [0.4, 0.5) is 17.1 Å². The normalized spacial score (nSPS) is 13.7. The molecule has 10 rings (SSSR count). The molecular weight excluding hydrogens is 603 g/mol. The number of benzene rings is 8. The predicted octanol–water partition coefficient (Wildman–Crippen LogP) is 13.1. The molecule has 0 aliphatic heterocycles. The Hall–Kier alpha value is -5.92. The predicted molar refractivity (Wildman–Crippen MR) is 211 cm³/mol. The van der Waals surface area contributed by atoms with Crippen molar-refractivity contribution in [2.24, 2.45) is 0 Å². The van der Waals surface area contributed by atoms with E-state index in [1.165, 1.54) is 71.6 Å². The molecule has 2 aliphatic carbocycles. The van der Waals surface area contributed by atoms with Gasteiger partial charge in [0.05, 0.1) is 5.41 Å². The Kier molecular flexibility index (Phi) is 6.12. The molecule has 238 valence electrons. The summed E-state index contributed by atoms with van der Waals surface area (Å²) in [7, 11) is 0. The number of para-hydroxylation sites is 1. The van der Waals surface area contributed by atoms with Crippen LogP contribution in [0.25, 0.3) is 43.8 Å². The van der Waals surface area contributed by atoms with Crippen molar-refractivity contribution in [3.63, 3.8) is 0 Å². The molecule has 8 aromatic carbocycles. The van der Waals surface area contributed by atoms with Crippen molar-refractivity contribution >= 4 is 38.6 Å². The molecule has 0 saturated carbocycles. The van der Waals surface area contributed by atoms with Crippen molar-refractivity contribution in [2.75, 3.05) is 4.90 Å². The highest BCUT2D eigenvalue weighted by molar-refractivity contribution is 6.06. The number of hydrogen-bond donors (Lipinski definition) is 0. The summed E-state index contributed by atoms with van der Waals surface area (Å²) in [5.41, 5.74) is 15.3. The quantitative estimate of drug-likeness (QED) is 0.186. The van der Waals surface area contributed by atoms with Crippen LogP contribution in [0.2, 0.25) is 0 Å². The molecule has 0 bridgehead atoms. The van der Waals surface area contributed by atoms with Gasteiger partial charge in [-0.15, -0.1) is 0 Å². The number of nitrogens with zero attached hydrogens (tertiary/aromatic N) is 1. The SMILES string of the molecule is CC(C)(C)c1ccc(N(c2ccccc2)c2ccc3cc4c(cc3c2)C2(c3ccccc3-c3ccccc32)c2c-4ccc3ccccc23)cc1. The van der Waals surface area contributed by atoms with Gasteiger partial charge in [0.15, 0.2) is 0 Å². The second-order valence-electron chi connectivity index (χ2n) is 14.9. The van der Waals surface area contributed by atoms with Crippen LogP contribution in [0.5, 0.6) is 0 Å². The van der Waals surface area contributed by atoms with Crippen molar-refractivity contribution in [2.45, 2.75) is 31.6 Å². The van der Waals surface area contributed by atoms with Crippen LogP contribution in [-0.2, 0) is 10.8 Å². The third-order valence-electron chi connectivity index (χ3n) is 11.2. The topological polar surface area (TPSA) is 3.24 Å². The fourth-order valence-corrected chi connectivity index (χ4v) is 8.92. The van der Waals surface area contributed by atoms with Crippen molar-refractivity contribution in [1.29, 1.82) is 0 Å². The molecule has 50 heavy (non-hydrogen) atoms. The van der Waals surface area contributed by atoms with E-state index in [0.29, 0.717) is 0 Å². The average Bonchev–Trinajstić information content (AvgIpc) is 3.61. The van der Waals surface area contributed by atoms with Crippen molar-refractivity contribution in [3.8, 4) is 22.3 Å². The van der Waals surface area contributed by atoms with Gasteiger partial charge in [0.2, 0.25) is 0 Å². The Bertz CT molecular complexity index is 2580. The molecule has 0 heterocycles. The highest BCUT2D eigenvalue weighted by Gasteiger charge is 2.52. The van der Waals surface area contributed by atoms with E-state index in [1.807, 2.05) is 0 Å². The Labute approximate surface area is 294 Å². The Morgan fingerprint density at radius 1 is 0.400 bits per heavy atom. The molecule has 0 saturated heterocycles. The van der Waals surface area contributed by atoms with Gasteiger partial charge in [0.25, 0.3) is 0 Å². The Morgan fingerprint density at radius 2 is 1.00 bits per heavy atom. The van der Waals surface area contributed by atoms with Gasteiger partial charge in [-0.1, -0.05) is 142 Å². The fraction of sp³-hybridized carbons (Fsp3) is 0.102. The van der Waals surface area contributed by atoms with E-state index >= 15 is 0 Å². The number of anilines is 3. The van der Waals surface area contributed by atoms with Crippen molar-refractivity contribution < 1.29 is 0 Å². The summed E-state index contributed by atoms with van der Waals surface area (Å²) >= 11 is 0. The number of fused-ring (bicyclic) bond motifs is 13. The lowest BCUT2D eigenvalue weighted by molar-refractivity contribution is 0.590. The molecule has 0 aromatic heterocycles. The first-order valence-corrected chi connectivity index (χ1v) is 17.7. The number of hydrogen-bond acceptors (Lipinski definition) is 1. The Morgan fingerprint density at radius 3 is 1.72 bits per heavy atom. The van der Waals surface area contributed by atoms with E-state index in [4.69, 9.17) is 0 Å². The van der Waals surface area contributed by atoms with Gasteiger partial charge in [0, 0.05) is 17.1 Å². The highest BCUT2D eigenvalue weighted by Crippen LogP contribution is 2.64. The molecule has 0 amide bonds. The fourth-order valence-electron chi connectivity index (χ4n) is 8.92. The standard InChI is InChI=1S/C49H37N/c1-48(2,3)35-23-26-37(27-24-35)50(36-14-5-4-6-15-36)38-25-21-33-30-43-42-28-22-32-13-7-8-16-39(32)47(42)49(46(43)31-34(33)29-38)44-19-11-9-17-40(44)41-18-10-12-20-45(41)49/h4-31H,1-3H3. The van der Waals surface area contributed by atoms with E-state index in [1.54, 1.807) is 0 Å². The average molecular weight is 640 g/mol. The third kappa shape index (κ3) is 4.01. The number of rotatable bonds is 3. The lowest BCUT2D eigenvalue weighted by Crippen LogP contribution is -2.26. The first-order valence-electron chi connectivity index (χ1n) is 17.7. The van der Waals surface area contributed by atoms with Crippen LogP contribution in [0.3, 0.4) is 0 Å². The highest BCUT2D eigenvalue weighted by atomic mass is 15.1. The van der Waals surface area contributed by atoms with Gasteiger partial charge in [0.1, 0.15) is 0 Å². The molecular formula is C49H37N. The molecule has 2 aliphatic rings. The largest absolute Gasteiger partial charge is 0.310 e. The maximum absolute atomic E-state index is 2.51. The van der Waals surface area contributed by atoms with Crippen LogP contribution >= 0.6 is 0 Å². The van der Waals surface area contributed by atoms with E-state index < -0.39 is 5.41 Å². The third-order valence-corrected chi connectivity index (χ3v) is 11.2. The maximum atomic E-state index is 2.51. The molecule has 1 spiro atoms. The van der Waals surface area contributed by atoms with Crippen molar-refractivity contribution in [1.82, 2.24) is 0 Å². The summed E-state index contributed by atoms with van der Waals surface area (Å²) in [6.07, 6.45) is 0. The van der Waals surface area contributed by atoms with Crippen LogP contribution in [0.15, 0.2) is 170 Å². The monoisotopic (exact) mass is 639 g/mol.